The first-order valence-electron chi connectivity index (χ1n) is 14.1. The minimum atomic E-state index is -0.270. The van der Waals surface area contributed by atoms with E-state index in [2.05, 4.69) is 10.4 Å². The molecule has 11 nitrogen and oxygen atoms in total. The van der Waals surface area contributed by atoms with Crippen LogP contribution < -0.4 is 20.9 Å². The van der Waals surface area contributed by atoms with E-state index in [1.807, 2.05) is 0 Å². The number of ketones is 1. The molecule has 0 bridgehead atoms. The average Bonchev–Trinajstić information content (AvgIpc) is 3.64. The summed E-state index contributed by atoms with van der Waals surface area (Å²) in [5, 5.41) is 2.64. The van der Waals surface area contributed by atoms with E-state index in [9.17, 15) is 14.4 Å². The number of nitrogens with two attached hydrogens (primary N) is 1. The Balaban J connectivity index is 1.20. The van der Waals surface area contributed by atoms with E-state index >= 15 is 0 Å². The zero-order valence-corrected chi connectivity index (χ0v) is 25.0. The Labute approximate surface area is 258 Å². The van der Waals surface area contributed by atoms with Gasteiger partial charge in [-0.1, -0.05) is 23.7 Å². The summed E-state index contributed by atoms with van der Waals surface area (Å²) in [7, 11) is 3.35. The van der Waals surface area contributed by atoms with Gasteiger partial charge in [-0.3, -0.25) is 19.4 Å². The molecule has 0 spiro atoms. The monoisotopic (exact) mass is 614 g/mol. The first-order chi connectivity index (χ1) is 21.2. The number of fused-ring (bicyclic) bond motifs is 1. The maximum Gasteiger partial charge on any atom is 0.257 e. The van der Waals surface area contributed by atoms with E-state index in [-0.39, 0.29) is 30.0 Å². The molecule has 2 aliphatic heterocycles. The number of para-hydroxylation sites is 1. The second-order valence-electron chi connectivity index (χ2n) is 10.7. The van der Waals surface area contributed by atoms with Crippen molar-refractivity contribution in [3.8, 4) is 11.5 Å². The maximum absolute atomic E-state index is 13.5. The van der Waals surface area contributed by atoms with Crippen LogP contribution in [0.2, 0.25) is 5.02 Å². The Kier molecular flexibility index (Phi) is 8.00. The van der Waals surface area contributed by atoms with Crippen LogP contribution >= 0.6 is 11.6 Å². The second-order valence-corrected chi connectivity index (χ2v) is 11.1. The van der Waals surface area contributed by atoms with Gasteiger partial charge in [-0.05, 0) is 48.5 Å². The number of rotatable bonds is 7. The van der Waals surface area contributed by atoms with E-state index in [0.29, 0.717) is 70.9 Å². The molecule has 2 aliphatic rings. The molecular weight excluding hydrogens is 584 g/mol. The second kappa shape index (κ2) is 12.0. The molecule has 1 fully saturated rings. The zero-order chi connectivity index (χ0) is 31.0. The van der Waals surface area contributed by atoms with E-state index in [1.165, 1.54) is 4.90 Å². The molecular formula is C32H31ClN6O5. The smallest absolute Gasteiger partial charge is 0.257 e. The lowest BCUT2D eigenvalue weighted by molar-refractivity contribution is 0.0303. The van der Waals surface area contributed by atoms with E-state index in [4.69, 9.17) is 26.8 Å². The Bertz CT molecular complexity index is 1810. The number of aromatic amines is 1. The Morgan fingerprint density at radius 2 is 1.77 bits per heavy atom. The molecule has 0 radical (unpaired) electrons. The van der Waals surface area contributed by atoms with Crippen molar-refractivity contribution in [2.24, 2.45) is 5.73 Å². The fourth-order valence-electron chi connectivity index (χ4n) is 5.21. The van der Waals surface area contributed by atoms with Gasteiger partial charge in [0.2, 0.25) is 5.78 Å². The number of carbonyl (C=O) groups excluding carboxylic acids is 3. The summed E-state index contributed by atoms with van der Waals surface area (Å²) in [5.74, 6) is 0.531. The SMILES string of the molecule is CN(C)C(=O)c1ccccc1Oc1ccc(N2NCC(C(=O)c3cc4cc(C(=O)N5CCOCC5)ccc4[nH]3)=C2N)c(Cl)c1. The number of carbonyl (C=O) groups is 3. The zero-order valence-electron chi connectivity index (χ0n) is 24.2. The summed E-state index contributed by atoms with van der Waals surface area (Å²) in [6, 6.07) is 19.1. The fourth-order valence-corrected chi connectivity index (χ4v) is 5.47. The number of amides is 2. The number of ether oxygens (including phenoxy) is 2. The number of hydrogen-bond donors (Lipinski definition) is 3. The molecule has 1 aromatic heterocycles. The fraction of sp³-hybridized carbons (Fsp3) is 0.219. The van der Waals surface area contributed by atoms with Crippen molar-refractivity contribution in [3.63, 3.8) is 0 Å². The minimum Gasteiger partial charge on any atom is -0.456 e. The summed E-state index contributed by atoms with van der Waals surface area (Å²) in [6.45, 7) is 2.34. The molecule has 0 atom stereocenters. The lowest BCUT2D eigenvalue weighted by Crippen LogP contribution is -2.40. The van der Waals surface area contributed by atoms with Gasteiger partial charge >= 0.3 is 0 Å². The molecule has 3 aromatic carbocycles. The molecule has 12 heteroatoms. The number of aromatic nitrogens is 1. The van der Waals surface area contributed by atoms with E-state index in [1.54, 1.807) is 90.7 Å². The Morgan fingerprint density at radius 3 is 2.52 bits per heavy atom. The van der Waals surface area contributed by atoms with Gasteiger partial charge < -0.3 is 30.0 Å². The van der Waals surface area contributed by atoms with Crippen molar-refractivity contribution in [2.45, 2.75) is 0 Å². The van der Waals surface area contributed by atoms with Crippen molar-refractivity contribution >= 4 is 45.8 Å². The van der Waals surface area contributed by atoms with Crippen LogP contribution in [-0.2, 0) is 4.74 Å². The summed E-state index contributed by atoms with van der Waals surface area (Å²) in [4.78, 5) is 45.4. The van der Waals surface area contributed by atoms with Crippen LogP contribution in [0.4, 0.5) is 5.69 Å². The van der Waals surface area contributed by atoms with Gasteiger partial charge in [-0.25, -0.2) is 5.43 Å². The third-order valence-electron chi connectivity index (χ3n) is 7.56. The molecule has 4 aromatic rings. The van der Waals surface area contributed by atoms with Crippen LogP contribution in [0.15, 0.2) is 78.1 Å². The van der Waals surface area contributed by atoms with Gasteiger partial charge in [0, 0.05) is 56.3 Å². The van der Waals surface area contributed by atoms with Crippen molar-refractivity contribution in [1.29, 1.82) is 0 Å². The number of benzene rings is 3. The highest BCUT2D eigenvalue weighted by atomic mass is 35.5. The molecule has 226 valence electrons. The van der Waals surface area contributed by atoms with Crippen molar-refractivity contribution in [2.75, 3.05) is 52.0 Å². The number of hydrazine groups is 1. The highest BCUT2D eigenvalue weighted by Crippen LogP contribution is 2.35. The van der Waals surface area contributed by atoms with Gasteiger partial charge in [0.25, 0.3) is 11.8 Å². The third-order valence-corrected chi connectivity index (χ3v) is 7.86. The maximum atomic E-state index is 13.5. The largest absolute Gasteiger partial charge is 0.456 e. The third kappa shape index (κ3) is 5.60. The van der Waals surface area contributed by atoms with Crippen molar-refractivity contribution in [1.82, 2.24) is 20.2 Å². The van der Waals surface area contributed by atoms with E-state index in [0.717, 1.165) is 10.9 Å². The molecule has 3 heterocycles. The number of nitrogens with zero attached hydrogens (tertiary/aromatic N) is 3. The number of hydrogen-bond acceptors (Lipinski definition) is 8. The van der Waals surface area contributed by atoms with Crippen LogP contribution in [0.25, 0.3) is 10.9 Å². The molecule has 2 amide bonds. The molecule has 0 aliphatic carbocycles. The minimum absolute atomic E-state index is 0.0635. The highest BCUT2D eigenvalue weighted by Gasteiger charge is 2.29. The van der Waals surface area contributed by atoms with Gasteiger partial charge in [0.15, 0.2) is 0 Å². The van der Waals surface area contributed by atoms with Crippen molar-refractivity contribution < 1.29 is 23.9 Å². The van der Waals surface area contributed by atoms with Gasteiger partial charge in [0.05, 0.1) is 40.8 Å². The van der Waals surface area contributed by atoms with Crippen LogP contribution in [-0.4, -0.2) is 79.3 Å². The summed E-state index contributed by atoms with van der Waals surface area (Å²) in [5.41, 5.74) is 12.6. The van der Waals surface area contributed by atoms with Crippen LogP contribution in [0, 0.1) is 0 Å². The first-order valence-corrected chi connectivity index (χ1v) is 14.4. The van der Waals surface area contributed by atoms with Crippen LogP contribution in [0.1, 0.15) is 31.2 Å². The van der Waals surface area contributed by atoms with Crippen LogP contribution in [0.5, 0.6) is 11.5 Å². The van der Waals surface area contributed by atoms with Crippen LogP contribution in [0.3, 0.4) is 0 Å². The molecule has 4 N–H and O–H groups in total. The topological polar surface area (TPSA) is 133 Å². The van der Waals surface area contributed by atoms with E-state index < -0.39 is 0 Å². The highest BCUT2D eigenvalue weighted by molar-refractivity contribution is 6.33. The predicted molar refractivity (Wildman–Crippen MR) is 167 cm³/mol. The molecule has 0 unspecified atom stereocenters. The molecule has 1 saturated heterocycles. The van der Waals surface area contributed by atoms with Gasteiger partial charge in [-0.2, -0.15) is 0 Å². The quantitative estimate of drug-likeness (QED) is 0.264. The first kappa shape index (κ1) is 29.2. The summed E-state index contributed by atoms with van der Waals surface area (Å²) in [6.07, 6.45) is 0. The molecule has 6 rings (SSSR count). The molecule has 44 heavy (non-hydrogen) atoms. The lowest BCUT2D eigenvalue weighted by Gasteiger charge is -2.26. The van der Waals surface area contributed by atoms with Crippen molar-refractivity contribution in [3.05, 3.63) is 100.0 Å². The number of morpholine rings is 1. The number of halogens is 1. The standard InChI is InChI=1S/C32H31ClN6O5/c1-37(2)32(42)22-5-3-4-6-28(22)44-21-8-10-27(24(33)17-21)39-30(34)23(18-35-39)29(40)26-16-20-15-19(7-9-25(20)36-26)31(41)38-11-13-43-14-12-38/h3-10,15-17,35-36H,11-14,18,34H2,1-2H3. The normalized spacial score (nSPS) is 15.2. The summed E-state index contributed by atoms with van der Waals surface area (Å²) >= 11 is 6.64. The predicted octanol–water partition coefficient (Wildman–Crippen LogP) is 4.17. The number of nitrogens with one attached hydrogen (secondary N) is 2. The number of Topliss-reactive ketones (excluding diaryl/α,β-unsaturated/α-hetero) is 1. The average molecular weight is 615 g/mol. The van der Waals surface area contributed by atoms with Gasteiger partial charge in [-0.15, -0.1) is 0 Å². The van der Waals surface area contributed by atoms with Gasteiger partial charge in [0.1, 0.15) is 17.3 Å². The Hall–Kier alpha value is -4.84. The molecule has 0 saturated carbocycles. The summed E-state index contributed by atoms with van der Waals surface area (Å²) < 4.78 is 11.4. The Morgan fingerprint density at radius 1 is 1.00 bits per heavy atom. The number of anilines is 1. The lowest BCUT2D eigenvalue weighted by atomic mass is 10.1. The number of H-pyrrole nitrogens is 1.